The SMILES string of the molecule is CCCCOCC(COCC)C(CC)(CC)CC. The highest BCUT2D eigenvalue weighted by Gasteiger charge is 2.34. The Morgan fingerprint density at radius 1 is 0.833 bits per heavy atom. The Balaban J connectivity index is 4.42. The molecule has 0 aliphatic rings. The van der Waals surface area contributed by atoms with Crippen LogP contribution in [0.3, 0.4) is 0 Å². The normalized spacial score (nSPS) is 13.8. The van der Waals surface area contributed by atoms with Gasteiger partial charge in [-0.05, 0) is 18.8 Å². The molecule has 0 rings (SSSR count). The molecule has 0 N–H and O–H groups in total. The van der Waals surface area contributed by atoms with E-state index in [1.165, 1.54) is 32.1 Å². The lowest BCUT2D eigenvalue weighted by molar-refractivity contribution is -0.0265. The smallest absolute Gasteiger partial charge is 0.0521 e. The van der Waals surface area contributed by atoms with Crippen LogP contribution in [-0.2, 0) is 9.47 Å². The molecule has 0 heterocycles. The Hall–Kier alpha value is -0.0800. The van der Waals surface area contributed by atoms with Gasteiger partial charge in [0.15, 0.2) is 0 Å². The fourth-order valence-corrected chi connectivity index (χ4v) is 2.75. The highest BCUT2D eigenvalue weighted by atomic mass is 16.5. The Labute approximate surface area is 114 Å². The monoisotopic (exact) mass is 258 g/mol. The first-order valence-electron chi connectivity index (χ1n) is 7.86. The van der Waals surface area contributed by atoms with E-state index in [-0.39, 0.29) is 0 Å². The van der Waals surface area contributed by atoms with Crippen molar-refractivity contribution in [2.45, 2.75) is 66.7 Å². The number of unbranched alkanes of at least 4 members (excludes halogenated alkanes) is 1. The van der Waals surface area contributed by atoms with Crippen molar-refractivity contribution in [3.63, 3.8) is 0 Å². The van der Waals surface area contributed by atoms with Gasteiger partial charge < -0.3 is 9.47 Å². The first-order chi connectivity index (χ1) is 8.70. The Kier molecular flexibility index (Phi) is 10.8. The second kappa shape index (κ2) is 10.8. The molecule has 0 saturated heterocycles. The van der Waals surface area contributed by atoms with Gasteiger partial charge in [-0.3, -0.25) is 0 Å². The second-order valence-corrected chi connectivity index (χ2v) is 5.21. The molecule has 0 fully saturated rings. The van der Waals surface area contributed by atoms with E-state index in [4.69, 9.17) is 9.47 Å². The molecule has 0 saturated carbocycles. The third-order valence-corrected chi connectivity index (χ3v) is 4.46. The molecule has 2 heteroatoms. The summed E-state index contributed by atoms with van der Waals surface area (Å²) < 4.78 is 11.5. The van der Waals surface area contributed by atoms with Crippen LogP contribution < -0.4 is 0 Å². The van der Waals surface area contributed by atoms with E-state index < -0.39 is 0 Å². The maximum absolute atomic E-state index is 5.86. The van der Waals surface area contributed by atoms with E-state index in [1.54, 1.807) is 0 Å². The first kappa shape index (κ1) is 17.9. The van der Waals surface area contributed by atoms with E-state index in [0.717, 1.165) is 26.4 Å². The lowest BCUT2D eigenvalue weighted by Crippen LogP contribution is -2.35. The minimum absolute atomic E-state index is 0.390. The second-order valence-electron chi connectivity index (χ2n) is 5.21. The van der Waals surface area contributed by atoms with Gasteiger partial charge in [-0.2, -0.15) is 0 Å². The van der Waals surface area contributed by atoms with Crippen molar-refractivity contribution in [1.29, 1.82) is 0 Å². The largest absolute Gasteiger partial charge is 0.381 e. The zero-order valence-corrected chi connectivity index (χ0v) is 13.3. The van der Waals surface area contributed by atoms with Gasteiger partial charge in [0.25, 0.3) is 0 Å². The minimum atomic E-state index is 0.390. The van der Waals surface area contributed by atoms with Gasteiger partial charge in [-0.15, -0.1) is 0 Å². The molecule has 0 aromatic rings. The summed E-state index contributed by atoms with van der Waals surface area (Å²) in [6.45, 7) is 14.6. The van der Waals surface area contributed by atoms with Crippen molar-refractivity contribution >= 4 is 0 Å². The predicted octanol–water partition coefficient (Wildman–Crippen LogP) is 4.67. The van der Waals surface area contributed by atoms with E-state index in [0.29, 0.717) is 11.3 Å². The van der Waals surface area contributed by atoms with Gasteiger partial charge in [0.05, 0.1) is 13.2 Å². The molecule has 2 nitrogen and oxygen atoms in total. The molecule has 0 amide bonds. The highest BCUT2D eigenvalue weighted by Crippen LogP contribution is 2.39. The lowest BCUT2D eigenvalue weighted by atomic mass is 9.70. The number of hydrogen-bond acceptors (Lipinski definition) is 2. The van der Waals surface area contributed by atoms with Gasteiger partial charge >= 0.3 is 0 Å². The molecule has 110 valence electrons. The molecular weight excluding hydrogens is 224 g/mol. The van der Waals surface area contributed by atoms with E-state index >= 15 is 0 Å². The van der Waals surface area contributed by atoms with Crippen molar-refractivity contribution in [2.24, 2.45) is 11.3 Å². The van der Waals surface area contributed by atoms with E-state index in [2.05, 4.69) is 34.6 Å². The summed E-state index contributed by atoms with van der Waals surface area (Å²) >= 11 is 0. The van der Waals surface area contributed by atoms with Gasteiger partial charge in [0.2, 0.25) is 0 Å². The third kappa shape index (κ3) is 5.71. The molecule has 1 atom stereocenters. The average molecular weight is 258 g/mol. The van der Waals surface area contributed by atoms with Gasteiger partial charge in [0.1, 0.15) is 0 Å². The average Bonchev–Trinajstić information content (AvgIpc) is 2.42. The maximum Gasteiger partial charge on any atom is 0.0521 e. The predicted molar refractivity (Wildman–Crippen MR) is 79.0 cm³/mol. The summed E-state index contributed by atoms with van der Waals surface area (Å²) in [5, 5.41) is 0. The van der Waals surface area contributed by atoms with Crippen molar-refractivity contribution in [3.8, 4) is 0 Å². The van der Waals surface area contributed by atoms with Gasteiger partial charge in [-0.25, -0.2) is 0 Å². The van der Waals surface area contributed by atoms with Gasteiger partial charge in [-0.1, -0.05) is 53.4 Å². The van der Waals surface area contributed by atoms with E-state index in [9.17, 15) is 0 Å². The standard InChI is InChI=1S/C16H34O2/c1-6-11-12-18-14-15(13-17-10-5)16(7-2,8-3)9-4/h15H,6-14H2,1-5H3. The van der Waals surface area contributed by atoms with Crippen LogP contribution in [0.2, 0.25) is 0 Å². The molecule has 0 aromatic carbocycles. The summed E-state index contributed by atoms with van der Waals surface area (Å²) in [6.07, 6.45) is 6.02. The Morgan fingerprint density at radius 2 is 1.39 bits per heavy atom. The van der Waals surface area contributed by atoms with Crippen LogP contribution in [-0.4, -0.2) is 26.4 Å². The molecule has 0 radical (unpaired) electrons. The fourth-order valence-electron chi connectivity index (χ4n) is 2.75. The summed E-state index contributed by atoms with van der Waals surface area (Å²) in [4.78, 5) is 0. The zero-order valence-electron chi connectivity index (χ0n) is 13.3. The van der Waals surface area contributed by atoms with E-state index in [1.807, 2.05) is 0 Å². The number of ether oxygens (including phenoxy) is 2. The van der Waals surface area contributed by atoms with Crippen LogP contribution in [0.15, 0.2) is 0 Å². The summed E-state index contributed by atoms with van der Waals surface area (Å²) in [5.41, 5.74) is 0.390. The van der Waals surface area contributed by atoms with Crippen LogP contribution >= 0.6 is 0 Å². The minimum Gasteiger partial charge on any atom is -0.381 e. The zero-order chi connectivity index (χ0) is 13.9. The Morgan fingerprint density at radius 3 is 1.83 bits per heavy atom. The first-order valence-corrected chi connectivity index (χ1v) is 7.86. The quantitative estimate of drug-likeness (QED) is 0.473. The topological polar surface area (TPSA) is 18.5 Å². The van der Waals surface area contributed by atoms with Crippen molar-refractivity contribution in [3.05, 3.63) is 0 Å². The molecular formula is C16H34O2. The number of rotatable bonds is 12. The lowest BCUT2D eigenvalue weighted by Gasteiger charge is -2.39. The van der Waals surface area contributed by atoms with Crippen LogP contribution in [0, 0.1) is 11.3 Å². The van der Waals surface area contributed by atoms with Crippen LogP contribution in [0.5, 0.6) is 0 Å². The van der Waals surface area contributed by atoms with Crippen molar-refractivity contribution in [1.82, 2.24) is 0 Å². The van der Waals surface area contributed by atoms with Crippen LogP contribution in [0.25, 0.3) is 0 Å². The molecule has 18 heavy (non-hydrogen) atoms. The third-order valence-electron chi connectivity index (χ3n) is 4.46. The molecule has 0 bridgehead atoms. The summed E-state index contributed by atoms with van der Waals surface area (Å²) in [5.74, 6) is 0.536. The van der Waals surface area contributed by atoms with Crippen molar-refractivity contribution < 1.29 is 9.47 Å². The summed E-state index contributed by atoms with van der Waals surface area (Å²) in [6, 6.07) is 0. The molecule has 1 unspecified atom stereocenters. The number of hydrogen-bond donors (Lipinski definition) is 0. The summed E-state index contributed by atoms with van der Waals surface area (Å²) in [7, 11) is 0. The molecule has 0 aliphatic carbocycles. The molecule has 0 aromatic heterocycles. The van der Waals surface area contributed by atoms with Crippen molar-refractivity contribution in [2.75, 3.05) is 26.4 Å². The Bertz CT molecular complexity index is 168. The van der Waals surface area contributed by atoms with Crippen LogP contribution in [0.1, 0.15) is 66.7 Å². The molecule has 0 spiro atoms. The van der Waals surface area contributed by atoms with Gasteiger partial charge in [0, 0.05) is 19.1 Å². The fraction of sp³-hybridized carbons (Fsp3) is 1.00. The molecule has 0 aliphatic heterocycles. The highest BCUT2D eigenvalue weighted by molar-refractivity contribution is 4.83. The maximum atomic E-state index is 5.86. The van der Waals surface area contributed by atoms with Crippen LogP contribution in [0.4, 0.5) is 0 Å².